The maximum absolute atomic E-state index is 12.1. The molecule has 5 nitrogen and oxygen atoms in total. The smallest absolute Gasteiger partial charge is 0.241 e. The summed E-state index contributed by atoms with van der Waals surface area (Å²) in [4.78, 5) is 12.1. The van der Waals surface area contributed by atoms with Crippen molar-refractivity contribution in [2.75, 3.05) is 26.1 Å². The second-order valence-electron chi connectivity index (χ2n) is 4.72. The Balaban J connectivity index is 1.99. The van der Waals surface area contributed by atoms with Gasteiger partial charge in [-0.2, -0.15) is 0 Å². The number of benzene rings is 1. The molecule has 1 aromatic rings. The molecule has 1 aliphatic heterocycles. The number of ether oxygens (including phenoxy) is 2. The number of anilines is 1. The standard InChI is InChI=1S/C14H20N2O3/c1-9-6-10(18-2)4-5-12(9)16-14(17)13-7-11(19-3)8-15-13/h4-6,11,13,15H,7-8H2,1-3H3,(H,16,17). The van der Waals surface area contributed by atoms with Crippen molar-refractivity contribution in [2.24, 2.45) is 0 Å². The van der Waals surface area contributed by atoms with Gasteiger partial charge in [-0.15, -0.1) is 0 Å². The minimum absolute atomic E-state index is 0.0205. The van der Waals surface area contributed by atoms with E-state index in [1.54, 1.807) is 14.2 Å². The number of hydrogen-bond donors (Lipinski definition) is 2. The molecule has 0 saturated carbocycles. The largest absolute Gasteiger partial charge is 0.497 e. The fourth-order valence-corrected chi connectivity index (χ4v) is 2.21. The average molecular weight is 264 g/mol. The highest BCUT2D eigenvalue weighted by molar-refractivity contribution is 5.95. The Bertz CT molecular complexity index is 462. The van der Waals surface area contributed by atoms with E-state index in [9.17, 15) is 4.79 Å². The van der Waals surface area contributed by atoms with Gasteiger partial charge in [0.25, 0.3) is 0 Å². The molecule has 1 amide bonds. The Morgan fingerprint density at radius 3 is 2.79 bits per heavy atom. The van der Waals surface area contributed by atoms with Crippen molar-refractivity contribution in [3.63, 3.8) is 0 Å². The third kappa shape index (κ3) is 3.24. The zero-order valence-electron chi connectivity index (χ0n) is 11.5. The third-order valence-corrected chi connectivity index (χ3v) is 3.43. The van der Waals surface area contributed by atoms with Crippen LogP contribution < -0.4 is 15.4 Å². The molecule has 1 fully saturated rings. The first-order valence-corrected chi connectivity index (χ1v) is 6.35. The van der Waals surface area contributed by atoms with Gasteiger partial charge in [0.1, 0.15) is 5.75 Å². The van der Waals surface area contributed by atoms with Crippen molar-refractivity contribution in [2.45, 2.75) is 25.5 Å². The van der Waals surface area contributed by atoms with Crippen molar-refractivity contribution in [3.8, 4) is 5.75 Å². The van der Waals surface area contributed by atoms with E-state index in [0.29, 0.717) is 6.42 Å². The topological polar surface area (TPSA) is 59.6 Å². The van der Waals surface area contributed by atoms with Gasteiger partial charge in [0.2, 0.25) is 5.91 Å². The fraction of sp³-hybridized carbons (Fsp3) is 0.500. The van der Waals surface area contributed by atoms with Crippen LogP contribution in [0.15, 0.2) is 18.2 Å². The zero-order valence-corrected chi connectivity index (χ0v) is 11.5. The lowest BCUT2D eigenvalue weighted by Crippen LogP contribution is -2.35. The highest BCUT2D eigenvalue weighted by atomic mass is 16.5. The SMILES string of the molecule is COc1ccc(NC(=O)C2CC(OC)CN2)c(C)c1. The van der Waals surface area contributed by atoms with Crippen molar-refractivity contribution >= 4 is 11.6 Å². The van der Waals surface area contributed by atoms with E-state index in [0.717, 1.165) is 23.5 Å². The first kappa shape index (κ1) is 13.8. The molecule has 0 aromatic heterocycles. The summed E-state index contributed by atoms with van der Waals surface area (Å²) in [5, 5.41) is 6.09. The molecule has 1 aliphatic rings. The Hall–Kier alpha value is -1.59. The van der Waals surface area contributed by atoms with Gasteiger partial charge in [-0.1, -0.05) is 0 Å². The van der Waals surface area contributed by atoms with E-state index in [-0.39, 0.29) is 18.1 Å². The highest BCUT2D eigenvalue weighted by Gasteiger charge is 2.29. The molecule has 19 heavy (non-hydrogen) atoms. The lowest BCUT2D eigenvalue weighted by molar-refractivity contribution is -0.118. The summed E-state index contributed by atoms with van der Waals surface area (Å²) in [7, 11) is 3.29. The van der Waals surface area contributed by atoms with E-state index in [1.807, 2.05) is 25.1 Å². The summed E-state index contributed by atoms with van der Waals surface area (Å²) < 4.78 is 10.4. The first-order valence-electron chi connectivity index (χ1n) is 6.35. The lowest BCUT2D eigenvalue weighted by Gasteiger charge is -2.13. The molecule has 0 spiro atoms. The van der Waals surface area contributed by atoms with E-state index < -0.39 is 0 Å². The number of amides is 1. The van der Waals surface area contributed by atoms with E-state index in [1.165, 1.54) is 0 Å². The van der Waals surface area contributed by atoms with Gasteiger partial charge in [-0.3, -0.25) is 4.79 Å². The lowest BCUT2D eigenvalue weighted by atomic mass is 10.1. The van der Waals surface area contributed by atoms with Crippen LogP contribution in [0, 0.1) is 6.92 Å². The maximum atomic E-state index is 12.1. The van der Waals surface area contributed by atoms with Crippen molar-refractivity contribution < 1.29 is 14.3 Å². The summed E-state index contributed by atoms with van der Waals surface area (Å²) in [6, 6.07) is 5.40. The van der Waals surface area contributed by atoms with Crippen LogP contribution in [0.3, 0.4) is 0 Å². The van der Waals surface area contributed by atoms with Gasteiger partial charge in [-0.05, 0) is 37.1 Å². The van der Waals surface area contributed by atoms with Gasteiger partial charge in [0, 0.05) is 19.3 Å². The van der Waals surface area contributed by atoms with E-state index in [4.69, 9.17) is 9.47 Å². The van der Waals surface area contributed by atoms with Crippen LogP contribution in [0.25, 0.3) is 0 Å². The monoisotopic (exact) mass is 264 g/mol. The van der Waals surface area contributed by atoms with Gasteiger partial charge in [0.15, 0.2) is 0 Å². The van der Waals surface area contributed by atoms with Crippen molar-refractivity contribution in [3.05, 3.63) is 23.8 Å². The second-order valence-corrected chi connectivity index (χ2v) is 4.72. The van der Waals surface area contributed by atoms with Crippen LogP contribution in [-0.2, 0) is 9.53 Å². The number of nitrogens with one attached hydrogen (secondary N) is 2. The molecule has 2 atom stereocenters. The molecular weight excluding hydrogens is 244 g/mol. The summed E-state index contributed by atoms with van der Waals surface area (Å²) in [6.45, 7) is 2.66. The second kappa shape index (κ2) is 6.04. The molecule has 0 radical (unpaired) electrons. The van der Waals surface area contributed by atoms with Gasteiger partial charge in [-0.25, -0.2) is 0 Å². The summed E-state index contributed by atoms with van der Waals surface area (Å²) >= 11 is 0. The molecule has 1 aromatic carbocycles. The number of aryl methyl sites for hydroxylation is 1. The molecule has 1 saturated heterocycles. The third-order valence-electron chi connectivity index (χ3n) is 3.43. The van der Waals surface area contributed by atoms with E-state index in [2.05, 4.69) is 10.6 Å². The zero-order chi connectivity index (χ0) is 13.8. The maximum Gasteiger partial charge on any atom is 0.241 e. The van der Waals surface area contributed by atoms with Crippen molar-refractivity contribution in [1.29, 1.82) is 0 Å². The Labute approximate surface area is 113 Å². The Morgan fingerprint density at radius 1 is 1.42 bits per heavy atom. The minimum atomic E-state index is -0.188. The highest BCUT2D eigenvalue weighted by Crippen LogP contribution is 2.21. The molecular formula is C14H20N2O3. The fourth-order valence-electron chi connectivity index (χ4n) is 2.21. The molecule has 0 aliphatic carbocycles. The molecule has 104 valence electrons. The van der Waals surface area contributed by atoms with Crippen molar-refractivity contribution in [1.82, 2.24) is 5.32 Å². The quantitative estimate of drug-likeness (QED) is 0.861. The summed E-state index contributed by atoms with van der Waals surface area (Å²) in [5.41, 5.74) is 1.79. The molecule has 0 bridgehead atoms. The van der Waals surface area contributed by atoms with E-state index >= 15 is 0 Å². The summed E-state index contributed by atoms with van der Waals surface area (Å²) in [5.74, 6) is 0.766. The van der Waals surface area contributed by atoms with Gasteiger partial charge >= 0.3 is 0 Å². The predicted octanol–water partition coefficient (Wildman–Crippen LogP) is 1.32. The van der Waals surface area contributed by atoms with Crippen LogP contribution in [0.2, 0.25) is 0 Å². The van der Waals surface area contributed by atoms with Crippen LogP contribution in [-0.4, -0.2) is 38.8 Å². The van der Waals surface area contributed by atoms with Gasteiger partial charge < -0.3 is 20.1 Å². The number of hydrogen-bond acceptors (Lipinski definition) is 4. The number of methoxy groups -OCH3 is 2. The molecule has 2 N–H and O–H groups in total. The Kier molecular flexibility index (Phi) is 4.39. The van der Waals surface area contributed by atoms with Crippen LogP contribution in [0.1, 0.15) is 12.0 Å². The number of carbonyl (C=O) groups excluding carboxylic acids is 1. The van der Waals surface area contributed by atoms with Crippen LogP contribution in [0.5, 0.6) is 5.75 Å². The Morgan fingerprint density at radius 2 is 2.21 bits per heavy atom. The normalized spacial score (nSPS) is 22.3. The summed E-state index contributed by atoms with van der Waals surface area (Å²) in [6.07, 6.45) is 0.824. The molecule has 1 heterocycles. The van der Waals surface area contributed by atoms with Gasteiger partial charge in [0.05, 0.1) is 19.3 Å². The number of rotatable bonds is 4. The predicted molar refractivity (Wildman–Crippen MR) is 73.6 cm³/mol. The molecule has 5 heteroatoms. The van der Waals surface area contributed by atoms with Crippen LogP contribution in [0.4, 0.5) is 5.69 Å². The average Bonchev–Trinajstić information content (AvgIpc) is 2.90. The molecule has 2 rings (SSSR count). The van der Waals surface area contributed by atoms with Crippen LogP contribution >= 0.6 is 0 Å². The molecule has 2 unspecified atom stereocenters. The minimum Gasteiger partial charge on any atom is -0.497 e. The first-order chi connectivity index (χ1) is 9.13. The number of carbonyl (C=O) groups is 1.